The van der Waals surface area contributed by atoms with Crippen LogP contribution < -0.4 is 15.5 Å². The van der Waals surface area contributed by atoms with Crippen LogP contribution >= 0.6 is 11.6 Å². The van der Waals surface area contributed by atoms with Crippen LogP contribution in [0.25, 0.3) is 0 Å². The fraction of sp³-hybridized carbons (Fsp3) is 0.0417. The lowest BCUT2D eigenvalue weighted by Gasteiger charge is -2.15. The Morgan fingerprint density at radius 1 is 0.844 bits per heavy atom. The molecular formula is C24H17ClFN3O3. The van der Waals surface area contributed by atoms with Crippen molar-refractivity contribution < 1.29 is 18.8 Å². The first-order valence-corrected chi connectivity index (χ1v) is 10.0. The van der Waals surface area contributed by atoms with E-state index in [0.717, 1.165) is 22.6 Å². The van der Waals surface area contributed by atoms with E-state index in [9.17, 15) is 18.8 Å². The summed E-state index contributed by atoms with van der Waals surface area (Å²) in [6.45, 7) is 1.96. The highest BCUT2D eigenvalue weighted by Crippen LogP contribution is 2.30. The summed E-state index contributed by atoms with van der Waals surface area (Å²) in [5.41, 5.74) is 2.75. The summed E-state index contributed by atoms with van der Waals surface area (Å²) in [6.07, 6.45) is 0. The Hall–Kier alpha value is -3.97. The van der Waals surface area contributed by atoms with Crippen molar-refractivity contribution in [1.82, 2.24) is 0 Å². The molecule has 0 atom stereocenters. The van der Waals surface area contributed by atoms with E-state index in [4.69, 9.17) is 11.6 Å². The van der Waals surface area contributed by atoms with Gasteiger partial charge in [-0.25, -0.2) is 9.29 Å². The topological polar surface area (TPSA) is 78.5 Å². The van der Waals surface area contributed by atoms with E-state index in [1.807, 2.05) is 31.2 Å². The highest BCUT2D eigenvalue weighted by molar-refractivity contribution is 6.53. The minimum Gasteiger partial charge on any atom is -0.350 e. The predicted molar refractivity (Wildman–Crippen MR) is 121 cm³/mol. The lowest BCUT2D eigenvalue weighted by atomic mass is 10.1. The monoisotopic (exact) mass is 449 g/mol. The second kappa shape index (κ2) is 8.64. The number of benzene rings is 3. The summed E-state index contributed by atoms with van der Waals surface area (Å²) in [5, 5.41) is 5.36. The van der Waals surface area contributed by atoms with Gasteiger partial charge in [-0.2, -0.15) is 0 Å². The van der Waals surface area contributed by atoms with E-state index in [0.29, 0.717) is 16.9 Å². The molecule has 0 aromatic heterocycles. The predicted octanol–water partition coefficient (Wildman–Crippen LogP) is 4.82. The highest BCUT2D eigenvalue weighted by atomic mass is 35.5. The van der Waals surface area contributed by atoms with Crippen LogP contribution in [0.1, 0.15) is 15.9 Å². The number of halogens is 2. The molecule has 8 heteroatoms. The molecule has 3 aromatic carbocycles. The average Bonchev–Trinajstić information content (AvgIpc) is 3.00. The van der Waals surface area contributed by atoms with Crippen molar-refractivity contribution in [3.05, 3.63) is 100 Å². The first kappa shape index (κ1) is 21.3. The summed E-state index contributed by atoms with van der Waals surface area (Å²) < 4.78 is 13.2. The van der Waals surface area contributed by atoms with Crippen LogP contribution in [0.4, 0.5) is 21.5 Å². The minimum absolute atomic E-state index is 0.0992. The molecule has 2 N–H and O–H groups in total. The van der Waals surface area contributed by atoms with Gasteiger partial charge in [0.25, 0.3) is 17.7 Å². The molecule has 0 saturated carbocycles. The van der Waals surface area contributed by atoms with Crippen LogP contribution in [0.3, 0.4) is 0 Å². The smallest absolute Gasteiger partial charge is 0.283 e. The Morgan fingerprint density at radius 3 is 2.06 bits per heavy atom. The lowest BCUT2D eigenvalue weighted by Crippen LogP contribution is -2.32. The molecule has 1 heterocycles. The van der Waals surface area contributed by atoms with Crippen molar-refractivity contribution in [3.8, 4) is 0 Å². The normalized spacial score (nSPS) is 13.5. The number of nitrogens with zero attached hydrogens (tertiary/aromatic N) is 1. The number of nitrogens with one attached hydrogen (secondary N) is 2. The minimum atomic E-state index is -0.708. The third-order valence-corrected chi connectivity index (χ3v) is 5.19. The van der Waals surface area contributed by atoms with Crippen molar-refractivity contribution in [3.63, 3.8) is 0 Å². The number of hydrogen-bond donors (Lipinski definition) is 2. The lowest BCUT2D eigenvalue weighted by molar-refractivity contribution is -0.120. The highest BCUT2D eigenvalue weighted by Gasteiger charge is 2.38. The molecule has 0 bridgehead atoms. The van der Waals surface area contributed by atoms with Crippen molar-refractivity contribution >= 4 is 46.4 Å². The largest absolute Gasteiger partial charge is 0.350 e. The zero-order valence-electron chi connectivity index (χ0n) is 16.9. The van der Waals surface area contributed by atoms with Crippen molar-refractivity contribution in [1.29, 1.82) is 0 Å². The maximum Gasteiger partial charge on any atom is 0.283 e. The van der Waals surface area contributed by atoms with Gasteiger partial charge in [0.1, 0.15) is 16.5 Å². The maximum absolute atomic E-state index is 13.2. The van der Waals surface area contributed by atoms with Gasteiger partial charge in [-0.3, -0.25) is 14.4 Å². The standard InChI is InChI=1S/C24H17ClFN3O3/c1-14-2-8-18(9-3-14)28-22(30)15-4-10-17(11-5-15)27-21-20(25)23(31)29(24(21)32)19-12-6-16(26)7-13-19/h2-13,27H,1H3,(H,28,30). The fourth-order valence-electron chi connectivity index (χ4n) is 3.13. The molecule has 3 aromatic rings. The van der Waals surface area contributed by atoms with Gasteiger partial charge in [0.05, 0.1) is 5.69 Å². The second-order valence-corrected chi connectivity index (χ2v) is 7.51. The first-order valence-electron chi connectivity index (χ1n) is 9.63. The molecule has 4 rings (SSSR count). The molecule has 0 unspecified atom stereocenters. The Bertz CT molecular complexity index is 1240. The molecule has 0 fully saturated rings. The van der Waals surface area contributed by atoms with Crippen LogP contribution in [-0.2, 0) is 9.59 Å². The van der Waals surface area contributed by atoms with Gasteiger partial charge in [0.15, 0.2) is 0 Å². The van der Waals surface area contributed by atoms with Gasteiger partial charge in [-0.15, -0.1) is 0 Å². The van der Waals surface area contributed by atoms with Gasteiger partial charge in [0, 0.05) is 16.9 Å². The number of amides is 3. The summed E-state index contributed by atoms with van der Waals surface area (Å²) in [5.74, 6) is -2.14. The van der Waals surface area contributed by atoms with Crippen molar-refractivity contribution in [2.75, 3.05) is 15.5 Å². The summed E-state index contributed by atoms with van der Waals surface area (Å²) in [6, 6.07) is 18.7. The molecule has 0 saturated heterocycles. The Kier molecular flexibility index (Phi) is 5.75. The number of imide groups is 1. The quantitative estimate of drug-likeness (QED) is 0.547. The number of hydrogen-bond acceptors (Lipinski definition) is 4. The zero-order chi connectivity index (χ0) is 22.8. The Labute approximate surface area is 188 Å². The number of anilines is 3. The third-order valence-electron chi connectivity index (χ3n) is 4.84. The van der Waals surface area contributed by atoms with E-state index in [2.05, 4.69) is 10.6 Å². The Balaban J connectivity index is 1.47. The molecule has 0 radical (unpaired) electrons. The SMILES string of the molecule is Cc1ccc(NC(=O)c2ccc(NC3=C(Cl)C(=O)N(c4ccc(F)cc4)C3=O)cc2)cc1. The molecule has 0 aliphatic carbocycles. The third kappa shape index (κ3) is 4.24. The zero-order valence-corrected chi connectivity index (χ0v) is 17.6. The van der Waals surface area contributed by atoms with E-state index in [-0.39, 0.29) is 22.3 Å². The molecule has 1 aliphatic rings. The summed E-state index contributed by atoms with van der Waals surface area (Å²) in [7, 11) is 0. The van der Waals surface area contributed by atoms with E-state index in [1.165, 1.54) is 12.1 Å². The van der Waals surface area contributed by atoms with E-state index < -0.39 is 17.6 Å². The van der Waals surface area contributed by atoms with Crippen LogP contribution in [-0.4, -0.2) is 17.7 Å². The number of carbonyl (C=O) groups excluding carboxylic acids is 3. The summed E-state index contributed by atoms with van der Waals surface area (Å²) >= 11 is 6.10. The summed E-state index contributed by atoms with van der Waals surface area (Å²) in [4.78, 5) is 38.5. The number of aryl methyl sites for hydroxylation is 1. The molecule has 0 spiro atoms. The van der Waals surface area contributed by atoms with Gasteiger partial charge in [-0.1, -0.05) is 29.3 Å². The van der Waals surface area contributed by atoms with Crippen LogP contribution in [0.2, 0.25) is 0 Å². The number of carbonyl (C=O) groups is 3. The molecular weight excluding hydrogens is 433 g/mol. The molecule has 160 valence electrons. The van der Waals surface area contributed by atoms with Gasteiger partial charge >= 0.3 is 0 Å². The van der Waals surface area contributed by atoms with Crippen molar-refractivity contribution in [2.45, 2.75) is 6.92 Å². The molecule has 3 amide bonds. The van der Waals surface area contributed by atoms with Gasteiger partial charge in [0.2, 0.25) is 0 Å². The maximum atomic E-state index is 13.2. The van der Waals surface area contributed by atoms with Crippen molar-refractivity contribution in [2.24, 2.45) is 0 Å². The van der Waals surface area contributed by atoms with Crippen LogP contribution in [0.5, 0.6) is 0 Å². The van der Waals surface area contributed by atoms with Crippen LogP contribution in [0, 0.1) is 12.7 Å². The number of rotatable bonds is 5. The second-order valence-electron chi connectivity index (χ2n) is 7.13. The molecule has 32 heavy (non-hydrogen) atoms. The van der Waals surface area contributed by atoms with E-state index in [1.54, 1.807) is 24.3 Å². The van der Waals surface area contributed by atoms with Crippen LogP contribution in [0.15, 0.2) is 83.5 Å². The van der Waals surface area contributed by atoms with Gasteiger partial charge in [-0.05, 0) is 67.6 Å². The molecule has 6 nitrogen and oxygen atoms in total. The van der Waals surface area contributed by atoms with Gasteiger partial charge < -0.3 is 10.6 Å². The fourth-order valence-corrected chi connectivity index (χ4v) is 3.34. The molecule has 1 aliphatic heterocycles. The average molecular weight is 450 g/mol. The Morgan fingerprint density at radius 2 is 1.44 bits per heavy atom. The van der Waals surface area contributed by atoms with E-state index >= 15 is 0 Å². The first-order chi connectivity index (χ1) is 15.3.